The average molecular weight is 218 g/mol. The van der Waals surface area contributed by atoms with E-state index in [9.17, 15) is 4.39 Å². The molecule has 0 fully saturated rings. The van der Waals surface area contributed by atoms with Crippen LogP contribution in [0.4, 0.5) is 21.8 Å². The van der Waals surface area contributed by atoms with Crippen molar-refractivity contribution in [3.63, 3.8) is 0 Å². The Hall–Kier alpha value is -2.17. The summed E-state index contributed by atoms with van der Waals surface area (Å²) in [4.78, 5) is 7.70. The summed E-state index contributed by atoms with van der Waals surface area (Å²) < 4.78 is 13.5. The molecular formula is C11H11FN4. The fraction of sp³-hybridized carbons (Fsp3) is 0.0909. The van der Waals surface area contributed by atoms with Crippen LogP contribution < -0.4 is 11.1 Å². The Morgan fingerprint density at radius 2 is 2.12 bits per heavy atom. The Kier molecular flexibility index (Phi) is 2.68. The Morgan fingerprint density at radius 3 is 2.81 bits per heavy atom. The standard InChI is InChI=1S/C11H11FN4/c1-7-3-2-4-8(12)10(7)15-9-5-6-14-11(13)16-9/h2-6H,1H3,(H3,13,14,15,16). The second kappa shape index (κ2) is 4.14. The van der Waals surface area contributed by atoms with E-state index in [0.29, 0.717) is 11.5 Å². The molecule has 0 radical (unpaired) electrons. The lowest BCUT2D eigenvalue weighted by molar-refractivity contribution is 0.631. The van der Waals surface area contributed by atoms with Crippen LogP contribution >= 0.6 is 0 Å². The smallest absolute Gasteiger partial charge is 0.221 e. The molecule has 0 unspecified atom stereocenters. The van der Waals surface area contributed by atoms with E-state index in [1.807, 2.05) is 13.0 Å². The van der Waals surface area contributed by atoms with Gasteiger partial charge in [-0.3, -0.25) is 0 Å². The van der Waals surface area contributed by atoms with Crippen LogP contribution in [-0.2, 0) is 0 Å². The van der Waals surface area contributed by atoms with Gasteiger partial charge in [-0.2, -0.15) is 4.98 Å². The van der Waals surface area contributed by atoms with Gasteiger partial charge in [0.05, 0.1) is 5.69 Å². The van der Waals surface area contributed by atoms with Crippen LogP contribution in [0.1, 0.15) is 5.56 Å². The molecule has 2 rings (SSSR count). The fourth-order valence-electron chi connectivity index (χ4n) is 1.36. The number of nitrogen functional groups attached to an aromatic ring is 1. The number of hydrogen-bond acceptors (Lipinski definition) is 4. The summed E-state index contributed by atoms with van der Waals surface area (Å²) >= 11 is 0. The van der Waals surface area contributed by atoms with Crippen molar-refractivity contribution in [1.82, 2.24) is 9.97 Å². The normalized spacial score (nSPS) is 10.1. The number of hydrogen-bond donors (Lipinski definition) is 2. The number of aryl methyl sites for hydroxylation is 1. The van der Waals surface area contributed by atoms with Gasteiger partial charge in [0.1, 0.15) is 11.6 Å². The molecule has 0 saturated heterocycles. The number of nitrogens with one attached hydrogen (secondary N) is 1. The molecule has 1 aromatic carbocycles. The van der Waals surface area contributed by atoms with Gasteiger partial charge in [-0.05, 0) is 24.6 Å². The molecule has 5 heteroatoms. The van der Waals surface area contributed by atoms with Gasteiger partial charge in [0.25, 0.3) is 0 Å². The highest BCUT2D eigenvalue weighted by Gasteiger charge is 2.05. The minimum Gasteiger partial charge on any atom is -0.368 e. The highest BCUT2D eigenvalue weighted by Crippen LogP contribution is 2.22. The lowest BCUT2D eigenvalue weighted by atomic mass is 10.2. The molecule has 3 N–H and O–H groups in total. The van der Waals surface area contributed by atoms with Crippen LogP contribution in [0.25, 0.3) is 0 Å². The molecular weight excluding hydrogens is 207 g/mol. The van der Waals surface area contributed by atoms with Crippen molar-refractivity contribution in [2.75, 3.05) is 11.1 Å². The summed E-state index contributed by atoms with van der Waals surface area (Å²) in [5.41, 5.74) is 6.64. The number of nitrogens with zero attached hydrogens (tertiary/aromatic N) is 2. The fourth-order valence-corrected chi connectivity index (χ4v) is 1.36. The highest BCUT2D eigenvalue weighted by atomic mass is 19.1. The van der Waals surface area contributed by atoms with Gasteiger partial charge in [-0.15, -0.1) is 0 Å². The van der Waals surface area contributed by atoms with Crippen molar-refractivity contribution in [2.45, 2.75) is 6.92 Å². The molecule has 0 aliphatic carbocycles. The summed E-state index contributed by atoms with van der Waals surface area (Å²) in [6, 6.07) is 6.49. The number of benzene rings is 1. The van der Waals surface area contributed by atoms with E-state index in [-0.39, 0.29) is 11.8 Å². The van der Waals surface area contributed by atoms with Gasteiger partial charge in [0, 0.05) is 6.20 Å². The zero-order chi connectivity index (χ0) is 11.5. The van der Waals surface area contributed by atoms with E-state index in [1.165, 1.54) is 12.3 Å². The third kappa shape index (κ3) is 2.08. The zero-order valence-corrected chi connectivity index (χ0v) is 8.74. The highest BCUT2D eigenvalue weighted by molar-refractivity contribution is 5.61. The third-order valence-corrected chi connectivity index (χ3v) is 2.15. The molecule has 0 atom stereocenters. The minimum absolute atomic E-state index is 0.152. The molecule has 16 heavy (non-hydrogen) atoms. The number of rotatable bonds is 2. The van der Waals surface area contributed by atoms with E-state index in [1.54, 1.807) is 12.1 Å². The van der Waals surface area contributed by atoms with E-state index < -0.39 is 0 Å². The van der Waals surface area contributed by atoms with Gasteiger partial charge >= 0.3 is 0 Å². The quantitative estimate of drug-likeness (QED) is 0.811. The Bertz CT molecular complexity index is 493. The van der Waals surface area contributed by atoms with Crippen molar-refractivity contribution in [1.29, 1.82) is 0 Å². The molecule has 0 saturated carbocycles. The monoisotopic (exact) mass is 218 g/mol. The Morgan fingerprint density at radius 1 is 1.31 bits per heavy atom. The number of nitrogens with two attached hydrogens (primary N) is 1. The summed E-state index contributed by atoms with van der Waals surface area (Å²) in [6.45, 7) is 1.82. The first-order chi connectivity index (χ1) is 7.66. The summed E-state index contributed by atoms with van der Waals surface area (Å²) in [7, 11) is 0. The third-order valence-electron chi connectivity index (χ3n) is 2.15. The van der Waals surface area contributed by atoms with Crippen LogP contribution in [0.3, 0.4) is 0 Å². The number of aromatic nitrogens is 2. The second-order valence-corrected chi connectivity index (χ2v) is 3.36. The van der Waals surface area contributed by atoms with E-state index in [0.717, 1.165) is 5.56 Å². The van der Waals surface area contributed by atoms with Gasteiger partial charge in [-0.1, -0.05) is 12.1 Å². The van der Waals surface area contributed by atoms with Crippen molar-refractivity contribution in [2.24, 2.45) is 0 Å². The van der Waals surface area contributed by atoms with E-state index in [2.05, 4.69) is 15.3 Å². The first kappa shape index (κ1) is 10.4. The van der Waals surface area contributed by atoms with Crippen LogP contribution in [0, 0.1) is 12.7 Å². The zero-order valence-electron chi connectivity index (χ0n) is 8.74. The maximum Gasteiger partial charge on any atom is 0.221 e. The van der Waals surface area contributed by atoms with Crippen LogP contribution in [0.15, 0.2) is 30.5 Å². The van der Waals surface area contributed by atoms with Gasteiger partial charge < -0.3 is 11.1 Å². The minimum atomic E-state index is -0.322. The summed E-state index contributed by atoms with van der Waals surface area (Å²) in [6.07, 6.45) is 1.51. The van der Waals surface area contributed by atoms with Crippen LogP contribution in [-0.4, -0.2) is 9.97 Å². The van der Waals surface area contributed by atoms with Crippen molar-refractivity contribution >= 4 is 17.5 Å². The SMILES string of the molecule is Cc1cccc(F)c1Nc1ccnc(N)n1. The maximum absolute atomic E-state index is 13.5. The number of halogens is 1. The van der Waals surface area contributed by atoms with Gasteiger partial charge in [0.15, 0.2) is 0 Å². The number of para-hydroxylation sites is 1. The van der Waals surface area contributed by atoms with Crippen LogP contribution in [0.5, 0.6) is 0 Å². The molecule has 0 amide bonds. The predicted octanol–water partition coefficient (Wildman–Crippen LogP) is 2.25. The average Bonchev–Trinajstić information content (AvgIpc) is 2.24. The largest absolute Gasteiger partial charge is 0.368 e. The first-order valence-corrected chi connectivity index (χ1v) is 4.77. The Balaban J connectivity index is 2.34. The topological polar surface area (TPSA) is 63.8 Å². The summed E-state index contributed by atoms with van der Waals surface area (Å²) in [5.74, 6) is 0.303. The van der Waals surface area contributed by atoms with Crippen molar-refractivity contribution in [3.8, 4) is 0 Å². The van der Waals surface area contributed by atoms with Gasteiger partial charge in [-0.25, -0.2) is 9.37 Å². The van der Waals surface area contributed by atoms with E-state index in [4.69, 9.17) is 5.73 Å². The molecule has 4 nitrogen and oxygen atoms in total. The molecule has 0 aliphatic heterocycles. The van der Waals surface area contributed by atoms with Crippen molar-refractivity contribution in [3.05, 3.63) is 41.8 Å². The first-order valence-electron chi connectivity index (χ1n) is 4.77. The van der Waals surface area contributed by atoms with Crippen molar-refractivity contribution < 1.29 is 4.39 Å². The lowest BCUT2D eigenvalue weighted by Crippen LogP contribution is -2.01. The predicted molar refractivity (Wildman–Crippen MR) is 60.9 cm³/mol. The molecule has 1 heterocycles. The van der Waals surface area contributed by atoms with E-state index >= 15 is 0 Å². The van der Waals surface area contributed by atoms with Gasteiger partial charge in [0.2, 0.25) is 5.95 Å². The Labute approximate surface area is 92.3 Å². The maximum atomic E-state index is 13.5. The molecule has 0 bridgehead atoms. The molecule has 1 aromatic heterocycles. The summed E-state index contributed by atoms with van der Waals surface area (Å²) in [5, 5.41) is 2.88. The lowest BCUT2D eigenvalue weighted by Gasteiger charge is -2.09. The molecule has 2 aromatic rings. The second-order valence-electron chi connectivity index (χ2n) is 3.36. The molecule has 0 aliphatic rings. The molecule has 82 valence electrons. The molecule has 0 spiro atoms. The van der Waals surface area contributed by atoms with Crippen LogP contribution in [0.2, 0.25) is 0 Å². The number of anilines is 3.